The van der Waals surface area contributed by atoms with Gasteiger partial charge in [-0.15, -0.1) is 0 Å². The van der Waals surface area contributed by atoms with E-state index in [4.69, 9.17) is 0 Å². The molecule has 4 heteroatoms. The Bertz CT molecular complexity index is 468. The normalized spacial score (nSPS) is 10.5. The van der Waals surface area contributed by atoms with Crippen LogP contribution in [0.3, 0.4) is 0 Å². The molecule has 23 heavy (non-hydrogen) atoms. The van der Waals surface area contributed by atoms with Gasteiger partial charge in [0.05, 0.1) is 5.56 Å². The third kappa shape index (κ3) is 9.01. The van der Waals surface area contributed by atoms with Gasteiger partial charge in [0.15, 0.2) is 0 Å². The highest BCUT2D eigenvalue weighted by Crippen LogP contribution is 2.13. The lowest BCUT2D eigenvalue weighted by Gasteiger charge is -2.05. The molecule has 1 N–H and O–H groups in total. The summed E-state index contributed by atoms with van der Waals surface area (Å²) in [4.78, 5) is 22.4. The molecule has 0 bridgehead atoms. The molecule has 1 amide bonds. The third-order valence-electron chi connectivity index (χ3n) is 3.91. The summed E-state index contributed by atoms with van der Waals surface area (Å²) in [5.74, 6) is -1.23. The van der Waals surface area contributed by atoms with Gasteiger partial charge in [-0.3, -0.25) is 4.79 Å². The van der Waals surface area contributed by atoms with Crippen molar-refractivity contribution >= 4 is 17.6 Å². The van der Waals surface area contributed by atoms with Crippen molar-refractivity contribution in [1.82, 2.24) is 0 Å². The average molecular weight is 318 g/mol. The molecule has 0 saturated heterocycles. The van der Waals surface area contributed by atoms with E-state index >= 15 is 0 Å². The summed E-state index contributed by atoms with van der Waals surface area (Å²) < 4.78 is 0. The number of nitrogens with one attached hydrogen (secondary N) is 1. The molecular formula is C19H28NO3. The number of carbonyl (C=O) groups excluding carboxylic acids is 2. The molecule has 1 aromatic rings. The average Bonchev–Trinajstić information content (AvgIpc) is 2.54. The van der Waals surface area contributed by atoms with E-state index in [0.717, 1.165) is 12.8 Å². The Morgan fingerprint density at radius 3 is 1.87 bits per heavy atom. The van der Waals surface area contributed by atoms with E-state index in [1.165, 1.54) is 57.1 Å². The fraction of sp³-hybridized carbons (Fsp3) is 0.579. The van der Waals surface area contributed by atoms with Crippen LogP contribution in [0.15, 0.2) is 24.3 Å². The summed E-state index contributed by atoms with van der Waals surface area (Å²) in [7, 11) is 0. The molecule has 0 aliphatic heterocycles. The van der Waals surface area contributed by atoms with Gasteiger partial charge in [-0.1, -0.05) is 58.3 Å². The molecule has 1 rings (SSSR count). The van der Waals surface area contributed by atoms with E-state index in [1.54, 1.807) is 12.1 Å². The van der Waals surface area contributed by atoms with Crippen molar-refractivity contribution in [3.05, 3.63) is 29.8 Å². The zero-order valence-corrected chi connectivity index (χ0v) is 14.1. The van der Waals surface area contributed by atoms with Crippen LogP contribution in [0.25, 0.3) is 0 Å². The van der Waals surface area contributed by atoms with Crippen molar-refractivity contribution in [2.75, 3.05) is 5.32 Å². The zero-order chi connectivity index (χ0) is 16.9. The SMILES string of the molecule is CCCCCCCCCCCC(=O)Nc1ccc(C([O])=O)cc1. The second-order valence-corrected chi connectivity index (χ2v) is 5.99. The van der Waals surface area contributed by atoms with Crippen LogP contribution >= 0.6 is 0 Å². The van der Waals surface area contributed by atoms with Crippen molar-refractivity contribution in [2.45, 2.75) is 71.1 Å². The first kappa shape index (κ1) is 19.2. The molecule has 4 nitrogen and oxygen atoms in total. The van der Waals surface area contributed by atoms with Crippen molar-refractivity contribution < 1.29 is 14.7 Å². The highest BCUT2D eigenvalue weighted by molar-refractivity contribution is 5.92. The maximum atomic E-state index is 11.8. The standard InChI is InChI=1S/C19H28NO3/c1-2-3-4-5-6-7-8-9-10-11-18(21)20-17-14-12-16(13-15-17)19(22)23/h12-15H,2-11H2,1H3,(H,20,21). The molecular weight excluding hydrogens is 290 g/mol. The molecule has 0 spiro atoms. The number of unbranched alkanes of at least 4 members (excludes halogenated alkanes) is 8. The highest BCUT2D eigenvalue weighted by atomic mass is 16.4. The van der Waals surface area contributed by atoms with Crippen molar-refractivity contribution in [3.63, 3.8) is 0 Å². The van der Waals surface area contributed by atoms with Gasteiger partial charge in [0.2, 0.25) is 5.91 Å². The molecule has 0 aliphatic carbocycles. The van der Waals surface area contributed by atoms with E-state index < -0.39 is 5.97 Å². The van der Waals surface area contributed by atoms with Gasteiger partial charge in [-0.25, -0.2) is 9.90 Å². The van der Waals surface area contributed by atoms with Crippen LogP contribution in [0, 0.1) is 0 Å². The van der Waals surface area contributed by atoms with Crippen molar-refractivity contribution in [1.29, 1.82) is 0 Å². The third-order valence-corrected chi connectivity index (χ3v) is 3.91. The fourth-order valence-corrected chi connectivity index (χ4v) is 2.51. The van der Waals surface area contributed by atoms with E-state index in [1.807, 2.05) is 0 Å². The highest BCUT2D eigenvalue weighted by Gasteiger charge is 2.06. The largest absolute Gasteiger partial charge is 0.386 e. The van der Waals surface area contributed by atoms with Gasteiger partial charge >= 0.3 is 5.97 Å². The number of anilines is 1. The summed E-state index contributed by atoms with van der Waals surface area (Å²) in [6.07, 6.45) is 11.6. The van der Waals surface area contributed by atoms with Crippen LogP contribution < -0.4 is 5.32 Å². The van der Waals surface area contributed by atoms with E-state index in [9.17, 15) is 14.7 Å². The maximum Gasteiger partial charge on any atom is 0.386 e. The lowest BCUT2D eigenvalue weighted by Crippen LogP contribution is -2.11. The Morgan fingerprint density at radius 2 is 1.35 bits per heavy atom. The van der Waals surface area contributed by atoms with Gasteiger partial charge in [0.25, 0.3) is 0 Å². The Morgan fingerprint density at radius 1 is 0.826 bits per heavy atom. The van der Waals surface area contributed by atoms with Gasteiger partial charge in [0.1, 0.15) is 0 Å². The second-order valence-electron chi connectivity index (χ2n) is 5.99. The second kappa shape index (κ2) is 11.7. The molecule has 127 valence electrons. The first-order chi connectivity index (χ1) is 11.1. The number of benzene rings is 1. The smallest absolute Gasteiger partial charge is 0.326 e. The van der Waals surface area contributed by atoms with Gasteiger partial charge in [-0.2, -0.15) is 0 Å². The monoisotopic (exact) mass is 318 g/mol. The van der Waals surface area contributed by atoms with E-state index in [2.05, 4.69) is 12.2 Å². The van der Waals surface area contributed by atoms with Crippen LogP contribution in [0.5, 0.6) is 0 Å². The van der Waals surface area contributed by atoms with Crippen LogP contribution in [0.4, 0.5) is 5.69 Å². The number of carbonyl (C=O) groups is 2. The summed E-state index contributed by atoms with van der Waals surface area (Å²) in [6.45, 7) is 2.22. The number of hydrogen-bond acceptors (Lipinski definition) is 2. The topological polar surface area (TPSA) is 66.1 Å². The molecule has 0 aliphatic rings. The predicted molar refractivity (Wildman–Crippen MR) is 91.9 cm³/mol. The predicted octanol–water partition coefficient (Wildman–Crippen LogP) is 5.12. The van der Waals surface area contributed by atoms with E-state index in [-0.39, 0.29) is 11.5 Å². The minimum Gasteiger partial charge on any atom is -0.326 e. The number of rotatable bonds is 12. The van der Waals surface area contributed by atoms with Crippen LogP contribution in [0.2, 0.25) is 0 Å². The summed E-state index contributed by atoms with van der Waals surface area (Å²) in [5.41, 5.74) is 0.734. The quantitative estimate of drug-likeness (QED) is 0.544. The van der Waals surface area contributed by atoms with Gasteiger partial charge in [0, 0.05) is 12.1 Å². The molecule has 0 unspecified atom stereocenters. The van der Waals surface area contributed by atoms with Crippen LogP contribution in [-0.4, -0.2) is 11.9 Å². The summed E-state index contributed by atoms with van der Waals surface area (Å²) in [5, 5.41) is 13.4. The summed E-state index contributed by atoms with van der Waals surface area (Å²) >= 11 is 0. The Kier molecular flexibility index (Phi) is 9.76. The first-order valence-electron chi connectivity index (χ1n) is 8.74. The van der Waals surface area contributed by atoms with Gasteiger partial charge < -0.3 is 5.32 Å². The van der Waals surface area contributed by atoms with Crippen molar-refractivity contribution in [2.24, 2.45) is 0 Å². The van der Waals surface area contributed by atoms with Crippen LogP contribution in [-0.2, 0) is 9.90 Å². The molecule has 0 atom stereocenters. The zero-order valence-electron chi connectivity index (χ0n) is 14.1. The molecule has 0 fully saturated rings. The fourth-order valence-electron chi connectivity index (χ4n) is 2.51. The summed E-state index contributed by atoms with van der Waals surface area (Å²) in [6, 6.07) is 6.03. The Labute approximate surface area is 139 Å². The Balaban J connectivity index is 2.07. The Hall–Kier alpha value is -1.84. The lowest BCUT2D eigenvalue weighted by molar-refractivity contribution is -0.116. The molecule has 0 heterocycles. The lowest BCUT2D eigenvalue weighted by atomic mass is 10.1. The molecule has 1 aromatic carbocycles. The number of hydrogen-bond donors (Lipinski definition) is 1. The molecule has 0 aromatic heterocycles. The maximum absolute atomic E-state index is 11.8. The molecule has 1 radical (unpaired) electrons. The number of amides is 1. The van der Waals surface area contributed by atoms with Crippen LogP contribution in [0.1, 0.15) is 81.5 Å². The first-order valence-corrected chi connectivity index (χ1v) is 8.74. The van der Waals surface area contributed by atoms with E-state index in [0.29, 0.717) is 12.1 Å². The minimum atomic E-state index is -1.21. The van der Waals surface area contributed by atoms with Crippen molar-refractivity contribution in [3.8, 4) is 0 Å². The van der Waals surface area contributed by atoms with Gasteiger partial charge in [-0.05, 0) is 30.7 Å². The minimum absolute atomic E-state index is 0.0193. The molecule has 0 saturated carbocycles.